The van der Waals surface area contributed by atoms with Gasteiger partial charge in [-0.05, 0) is 25.7 Å². The van der Waals surface area contributed by atoms with Gasteiger partial charge in [-0.15, -0.1) is 0 Å². The molecule has 3 nitrogen and oxygen atoms in total. The Kier molecular flexibility index (Phi) is 5.43. The van der Waals surface area contributed by atoms with E-state index >= 15 is 0 Å². The lowest BCUT2D eigenvalue weighted by molar-refractivity contribution is -0.138. The molecule has 0 spiro atoms. The molecular weight excluding hydrogens is 260 g/mol. The lowest BCUT2D eigenvalue weighted by Crippen LogP contribution is -2.08. The van der Waals surface area contributed by atoms with E-state index in [9.17, 15) is 4.79 Å². The molecule has 15 heavy (non-hydrogen) atoms. The van der Waals surface area contributed by atoms with Gasteiger partial charge in [0.05, 0.1) is 5.71 Å². The first-order valence-electron chi connectivity index (χ1n) is 4.59. The third-order valence-corrected chi connectivity index (χ3v) is 2.95. The van der Waals surface area contributed by atoms with Gasteiger partial charge in [0.15, 0.2) is 5.03 Å². The number of carbonyl (C=O) groups is 1. The fourth-order valence-electron chi connectivity index (χ4n) is 1.27. The van der Waals surface area contributed by atoms with Crippen LogP contribution in [0.2, 0.25) is 0 Å². The maximum Gasteiger partial charge on any atom is 0.379 e. The zero-order valence-electron chi connectivity index (χ0n) is 7.93. The summed E-state index contributed by atoms with van der Waals surface area (Å²) >= 11 is 16.1. The molecule has 0 atom stereocenters. The predicted octanol–water partition coefficient (Wildman–Crippen LogP) is 3.74. The number of hydrogen-bond acceptors (Lipinski definition) is 3. The Balaban J connectivity index is 2.48. The van der Waals surface area contributed by atoms with Crippen LogP contribution in [0.3, 0.4) is 0 Å². The number of oxime groups is 1. The minimum absolute atomic E-state index is 0.314. The smallest absolute Gasteiger partial charge is 0.312 e. The second kappa shape index (κ2) is 6.36. The van der Waals surface area contributed by atoms with E-state index in [-0.39, 0.29) is 9.52 Å². The van der Waals surface area contributed by atoms with E-state index in [4.69, 9.17) is 34.8 Å². The van der Waals surface area contributed by atoms with Crippen molar-refractivity contribution in [2.45, 2.75) is 32.1 Å². The molecule has 0 N–H and O–H groups in total. The average Bonchev–Trinajstić information content (AvgIpc) is 2.26. The monoisotopic (exact) mass is 269 g/mol. The Morgan fingerprint density at radius 1 is 1.13 bits per heavy atom. The summed E-state index contributed by atoms with van der Waals surface area (Å²) in [6, 6.07) is 0. The summed E-state index contributed by atoms with van der Waals surface area (Å²) in [6.45, 7) is 0. The van der Waals surface area contributed by atoms with Crippen molar-refractivity contribution >= 4 is 46.5 Å². The van der Waals surface area contributed by atoms with Gasteiger partial charge in [0, 0.05) is 0 Å². The Labute approximate surface area is 103 Å². The minimum Gasteiger partial charge on any atom is -0.312 e. The summed E-state index contributed by atoms with van der Waals surface area (Å²) in [5.41, 5.74) is 0.879. The summed E-state index contributed by atoms with van der Waals surface area (Å²) in [5.74, 6) is -0.824. The van der Waals surface area contributed by atoms with Crippen molar-refractivity contribution in [1.82, 2.24) is 0 Å². The van der Waals surface area contributed by atoms with Crippen molar-refractivity contribution < 1.29 is 9.63 Å². The molecule has 0 aliphatic heterocycles. The SMILES string of the molecule is O=C(ON=C1CCCCC1)C(Cl)=C(Cl)Cl. The van der Waals surface area contributed by atoms with E-state index in [0.717, 1.165) is 31.4 Å². The van der Waals surface area contributed by atoms with Crippen LogP contribution in [0.1, 0.15) is 32.1 Å². The molecule has 84 valence electrons. The van der Waals surface area contributed by atoms with Crippen LogP contribution in [-0.4, -0.2) is 11.7 Å². The molecule has 1 fully saturated rings. The van der Waals surface area contributed by atoms with E-state index in [1.165, 1.54) is 6.42 Å². The van der Waals surface area contributed by atoms with Gasteiger partial charge < -0.3 is 4.84 Å². The Hall–Kier alpha value is -0.250. The van der Waals surface area contributed by atoms with Crippen molar-refractivity contribution in [2.24, 2.45) is 5.16 Å². The molecule has 0 saturated heterocycles. The van der Waals surface area contributed by atoms with Crippen LogP contribution < -0.4 is 0 Å². The topological polar surface area (TPSA) is 38.7 Å². The molecule has 1 aliphatic carbocycles. The maximum absolute atomic E-state index is 11.1. The molecule has 1 saturated carbocycles. The van der Waals surface area contributed by atoms with Crippen LogP contribution >= 0.6 is 34.8 Å². The van der Waals surface area contributed by atoms with Gasteiger partial charge in [-0.2, -0.15) is 0 Å². The highest BCUT2D eigenvalue weighted by atomic mass is 35.5. The van der Waals surface area contributed by atoms with E-state index in [1.807, 2.05) is 0 Å². The number of rotatable bonds is 2. The van der Waals surface area contributed by atoms with E-state index in [1.54, 1.807) is 0 Å². The Morgan fingerprint density at radius 2 is 1.73 bits per heavy atom. The highest BCUT2D eigenvalue weighted by Gasteiger charge is 2.14. The van der Waals surface area contributed by atoms with Crippen molar-refractivity contribution in [3.05, 3.63) is 9.52 Å². The van der Waals surface area contributed by atoms with E-state index in [0.29, 0.717) is 0 Å². The standard InChI is InChI=1S/C9H10Cl3NO2/c10-7(8(11)12)9(14)15-13-6-4-2-1-3-5-6/h1-5H2. The Morgan fingerprint density at radius 3 is 2.27 bits per heavy atom. The van der Waals surface area contributed by atoms with Crippen molar-refractivity contribution in [3.63, 3.8) is 0 Å². The Bertz CT molecular complexity index is 300. The first-order valence-corrected chi connectivity index (χ1v) is 5.72. The zero-order chi connectivity index (χ0) is 11.3. The van der Waals surface area contributed by atoms with Crippen LogP contribution in [-0.2, 0) is 9.63 Å². The maximum atomic E-state index is 11.1. The second-order valence-corrected chi connectivity index (χ2v) is 4.50. The van der Waals surface area contributed by atoms with Crippen LogP contribution in [0.25, 0.3) is 0 Å². The predicted molar refractivity (Wildman–Crippen MR) is 61.2 cm³/mol. The van der Waals surface area contributed by atoms with Crippen molar-refractivity contribution in [1.29, 1.82) is 0 Å². The fourth-order valence-corrected chi connectivity index (χ4v) is 1.46. The molecule has 0 amide bonds. The van der Waals surface area contributed by atoms with Gasteiger partial charge in [0.1, 0.15) is 4.49 Å². The lowest BCUT2D eigenvalue weighted by atomic mass is 9.99. The van der Waals surface area contributed by atoms with Crippen LogP contribution in [0, 0.1) is 0 Å². The second-order valence-electron chi connectivity index (χ2n) is 3.17. The molecular formula is C9H10Cl3NO2. The summed E-state index contributed by atoms with van der Waals surface area (Å²) in [6.07, 6.45) is 5.08. The summed E-state index contributed by atoms with van der Waals surface area (Å²) < 4.78 is -0.314. The van der Waals surface area contributed by atoms with Gasteiger partial charge in [-0.3, -0.25) is 0 Å². The largest absolute Gasteiger partial charge is 0.379 e. The molecule has 0 aromatic heterocycles. The third-order valence-electron chi connectivity index (χ3n) is 2.03. The zero-order valence-corrected chi connectivity index (χ0v) is 10.2. The lowest BCUT2D eigenvalue weighted by Gasteiger charge is -2.10. The molecule has 0 heterocycles. The summed E-state index contributed by atoms with van der Waals surface area (Å²) in [7, 11) is 0. The molecule has 1 aliphatic rings. The van der Waals surface area contributed by atoms with Crippen LogP contribution in [0.4, 0.5) is 0 Å². The molecule has 1 rings (SSSR count). The summed E-state index contributed by atoms with van der Waals surface area (Å²) in [4.78, 5) is 15.7. The fraction of sp³-hybridized carbons (Fsp3) is 0.556. The van der Waals surface area contributed by atoms with Crippen LogP contribution in [0.15, 0.2) is 14.7 Å². The van der Waals surface area contributed by atoms with Crippen LogP contribution in [0.5, 0.6) is 0 Å². The number of hydrogen-bond donors (Lipinski definition) is 0. The number of halogens is 3. The minimum atomic E-state index is -0.824. The van der Waals surface area contributed by atoms with Gasteiger partial charge >= 0.3 is 5.97 Å². The first-order chi connectivity index (χ1) is 7.11. The van der Waals surface area contributed by atoms with Gasteiger partial charge in [-0.25, -0.2) is 4.79 Å². The molecule has 0 aromatic carbocycles. The van der Waals surface area contributed by atoms with Crippen molar-refractivity contribution in [3.8, 4) is 0 Å². The summed E-state index contributed by atoms with van der Waals surface area (Å²) in [5, 5.41) is 3.37. The van der Waals surface area contributed by atoms with E-state index < -0.39 is 5.97 Å². The first kappa shape index (κ1) is 12.8. The van der Waals surface area contributed by atoms with Gasteiger partial charge in [0.25, 0.3) is 0 Å². The van der Waals surface area contributed by atoms with Crippen molar-refractivity contribution in [2.75, 3.05) is 0 Å². The molecule has 0 bridgehead atoms. The quantitative estimate of drug-likeness (QED) is 0.435. The normalized spacial score (nSPS) is 15.8. The molecule has 0 radical (unpaired) electrons. The molecule has 0 unspecified atom stereocenters. The third kappa shape index (κ3) is 4.41. The number of nitrogens with zero attached hydrogens (tertiary/aromatic N) is 1. The molecule has 6 heteroatoms. The van der Waals surface area contributed by atoms with Gasteiger partial charge in [0.2, 0.25) is 0 Å². The highest BCUT2D eigenvalue weighted by Crippen LogP contribution is 2.20. The van der Waals surface area contributed by atoms with E-state index in [2.05, 4.69) is 9.99 Å². The number of carbonyl (C=O) groups excluding carboxylic acids is 1. The average molecular weight is 271 g/mol. The molecule has 0 aromatic rings. The highest BCUT2D eigenvalue weighted by molar-refractivity contribution is 6.62. The van der Waals surface area contributed by atoms with Gasteiger partial charge in [-0.1, -0.05) is 46.4 Å².